The average Bonchev–Trinajstić information content (AvgIpc) is 3.49. The Morgan fingerprint density at radius 3 is 2.64 bits per heavy atom. The summed E-state index contributed by atoms with van der Waals surface area (Å²) >= 11 is 0.867. The van der Waals surface area contributed by atoms with Crippen molar-refractivity contribution >= 4 is 55.3 Å². The third-order valence-corrected chi connectivity index (χ3v) is 10.5. The van der Waals surface area contributed by atoms with Crippen LogP contribution in [0, 0.1) is 12.3 Å². The molecule has 13 heteroatoms. The van der Waals surface area contributed by atoms with E-state index in [9.17, 15) is 18.1 Å². The molecular formula is C20H27N5O4S4. The van der Waals surface area contributed by atoms with Crippen LogP contribution in [0.3, 0.4) is 0 Å². The number of aromatic amines is 1. The van der Waals surface area contributed by atoms with Gasteiger partial charge in [-0.05, 0) is 37.3 Å². The van der Waals surface area contributed by atoms with E-state index < -0.39 is 21.2 Å². The first-order chi connectivity index (χ1) is 15.5. The molecule has 33 heavy (non-hydrogen) atoms. The van der Waals surface area contributed by atoms with Gasteiger partial charge in [0.15, 0.2) is 21.1 Å². The van der Waals surface area contributed by atoms with Crippen LogP contribution in [-0.2, 0) is 10.0 Å². The molecule has 3 aromatic rings. The Balaban J connectivity index is 1.70. The second kappa shape index (κ2) is 9.12. The molecule has 4 rings (SSSR count). The topological polar surface area (TPSA) is 134 Å². The zero-order chi connectivity index (χ0) is 24.0. The first-order valence-corrected chi connectivity index (χ1v) is 14.7. The van der Waals surface area contributed by atoms with Crippen LogP contribution in [0.2, 0.25) is 0 Å². The number of H-pyrrole nitrogens is 1. The van der Waals surface area contributed by atoms with Crippen molar-refractivity contribution in [3.05, 3.63) is 32.8 Å². The molecule has 3 N–H and O–H groups in total. The zero-order valence-corrected chi connectivity index (χ0v) is 22.1. The van der Waals surface area contributed by atoms with E-state index in [1.807, 2.05) is 19.1 Å². The van der Waals surface area contributed by atoms with Crippen molar-refractivity contribution in [3.8, 4) is 5.75 Å². The molecule has 1 aliphatic heterocycles. The fourth-order valence-corrected chi connectivity index (χ4v) is 8.35. The van der Waals surface area contributed by atoms with Gasteiger partial charge in [-0.15, -0.1) is 27.0 Å². The van der Waals surface area contributed by atoms with Gasteiger partial charge in [0.2, 0.25) is 11.3 Å². The Hall–Kier alpha value is -1.77. The predicted octanol–water partition coefficient (Wildman–Crippen LogP) is 4.49. The van der Waals surface area contributed by atoms with E-state index in [0.29, 0.717) is 18.6 Å². The van der Waals surface area contributed by atoms with Crippen LogP contribution in [-0.4, -0.2) is 44.2 Å². The smallest absolute Gasteiger partial charge is 0.256 e. The normalized spacial score (nSPS) is 17.6. The minimum Gasteiger partial charge on any atom is -0.548 e. The Morgan fingerprint density at radius 2 is 2.03 bits per heavy atom. The van der Waals surface area contributed by atoms with Gasteiger partial charge in [-0.25, -0.2) is 8.42 Å². The van der Waals surface area contributed by atoms with E-state index in [-0.39, 0.29) is 32.9 Å². The molecule has 0 bridgehead atoms. The third kappa shape index (κ3) is 5.03. The molecule has 1 aliphatic rings. The molecule has 1 fully saturated rings. The largest absolute Gasteiger partial charge is 0.548 e. The van der Waals surface area contributed by atoms with Crippen molar-refractivity contribution < 1.29 is 18.1 Å². The summed E-state index contributed by atoms with van der Waals surface area (Å²) in [5.41, 5.74) is 0.265. The minimum atomic E-state index is -3.76. The van der Waals surface area contributed by atoms with Gasteiger partial charge in [0, 0.05) is 32.6 Å². The molecule has 0 radical (unpaired) electrons. The lowest BCUT2D eigenvalue weighted by Crippen LogP contribution is -2.27. The zero-order valence-electron chi connectivity index (χ0n) is 18.8. The van der Waals surface area contributed by atoms with E-state index in [1.54, 1.807) is 11.3 Å². The fourth-order valence-electron chi connectivity index (χ4n) is 3.64. The molecule has 0 amide bonds. The second-order valence-corrected chi connectivity index (χ2v) is 14.2. The van der Waals surface area contributed by atoms with Gasteiger partial charge < -0.3 is 15.0 Å². The lowest BCUT2D eigenvalue weighted by molar-refractivity contribution is 0.327. The van der Waals surface area contributed by atoms with Gasteiger partial charge in [-0.3, -0.25) is 4.99 Å². The molecule has 2 atom stereocenters. The first-order valence-electron chi connectivity index (χ1n) is 10.5. The van der Waals surface area contributed by atoms with E-state index in [0.717, 1.165) is 29.1 Å². The number of aromatic nitrogens is 2. The average molecular weight is 530 g/mol. The maximum Gasteiger partial charge on any atom is 0.256 e. The molecular weight excluding hydrogens is 503 g/mol. The van der Waals surface area contributed by atoms with Gasteiger partial charge in [-0.1, -0.05) is 20.8 Å². The molecule has 0 aromatic carbocycles. The quantitative estimate of drug-likeness (QED) is 0.403. The second-order valence-electron chi connectivity index (χ2n) is 9.01. The molecule has 0 saturated carbocycles. The molecule has 3 aromatic heterocycles. The number of nitrogens with zero attached hydrogens (tertiary/aromatic N) is 3. The summed E-state index contributed by atoms with van der Waals surface area (Å²) in [6.45, 7) is 9.16. The van der Waals surface area contributed by atoms with E-state index in [2.05, 4.69) is 34.8 Å². The molecule has 4 heterocycles. The van der Waals surface area contributed by atoms with Crippen LogP contribution in [0.5, 0.6) is 5.75 Å². The molecule has 180 valence electrons. The third-order valence-electron chi connectivity index (χ3n) is 5.32. The number of hydrogen-bond donors (Lipinski definition) is 3. The Morgan fingerprint density at radius 1 is 1.33 bits per heavy atom. The monoisotopic (exact) mass is 529 g/mol. The maximum absolute atomic E-state index is 12.9. The summed E-state index contributed by atoms with van der Waals surface area (Å²) in [5, 5.41) is 15.1. The number of aromatic hydroxyl groups is 1. The van der Waals surface area contributed by atoms with Crippen LogP contribution in [0.4, 0.5) is 11.5 Å². The highest BCUT2D eigenvalue weighted by atomic mass is 32.2. The number of hydrogen-bond acceptors (Lipinski definition) is 9. The van der Waals surface area contributed by atoms with Crippen molar-refractivity contribution in [2.75, 3.05) is 18.4 Å². The lowest BCUT2D eigenvalue weighted by atomic mass is 9.86. The van der Waals surface area contributed by atoms with Gasteiger partial charge >= 0.3 is 0 Å². The first kappa shape index (κ1) is 24.4. The standard InChI is InChI=1S/C20H27N5O4S4/c1-12-7-8-14(31-12)16(20(2,3)4)22-18-17(23-32(27)24-18)21-13-11-30-19(15(13)26)33(28,29)25-9-5-6-10-25/h7-8,11,16,26H,5-6,9-10H2,1-4H3,(H,21,23)(H,22,24)/t16-,32?/m0/s1. The van der Waals surface area contributed by atoms with E-state index in [4.69, 9.17) is 4.99 Å². The Labute approximate surface area is 204 Å². The number of sulfonamides is 1. The molecule has 0 aliphatic carbocycles. The van der Waals surface area contributed by atoms with Gasteiger partial charge in [0.05, 0.1) is 11.7 Å². The fraction of sp³-hybridized carbons (Fsp3) is 0.500. The predicted molar refractivity (Wildman–Crippen MR) is 131 cm³/mol. The maximum atomic E-state index is 12.9. The highest BCUT2D eigenvalue weighted by Gasteiger charge is 2.33. The highest BCUT2D eigenvalue weighted by Crippen LogP contribution is 2.41. The molecule has 0 spiro atoms. The summed E-state index contributed by atoms with van der Waals surface area (Å²) in [7, 11) is -3.76. The van der Waals surface area contributed by atoms with Crippen molar-refractivity contribution in [1.29, 1.82) is 0 Å². The number of rotatable bonds is 6. The summed E-state index contributed by atoms with van der Waals surface area (Å²) < 4.78 is 46.0. The summed E-state index contributed by atoms with van der Waals surface area (Å²) in [5.74, 6) is -0.179. The van der Waals surface area contributed by atoms with Crippen LogP contribution < -0.4 is 10.8 Å². The van der Waals surface area contributed by atoms with Crippen LogP contribution >= 0.6 is 33.8 Å². The highest BCUT2D eigenvalue weighted by molar-refractivity contribution is 7.91. The van der Waals surface area contributed by atoms with Crippen molar-refractivity contribution in [3.63, 3.8) is 0 Å². The molecule has 1 unspecified atom stereocenters. The summed E-state index contributed by atoms with van der Waals surface area (Å²) in [6.07, 6.45) is 1.62. The SMILES string of the molecule is Cc1ccc([C@H](N=c2[nH][s+]([O-])nc2Nc2csc(S(=O)(=O)N3CCCC3)c2O)C(C)(C)C)s1. The lowest BCUT2D eigenvalue weighted by Gasteiger charge is -2.26. The van der Waals surface area contributed by atoms with Gasteiger partial charge in [0.25, 0.3) is 10.0 Å². The number of thiophene rings is 2. The van der Waals surface area contributed by atoms with Crippen LogP contribution in [0.1, 0.15) is 49.4 Å². The van der Waals surface area contributed by atoms with E-state index >= 15 is 0 Å². The van der Waals surface area contributed by atoms with Crippen LogP contribution in [0.15, 0.2) is 26.7 Å². The van der Waals surface area contributed by atoms with Gasteiger partial charge in [0.1, 0.15) is 0 Å². The summed E-state index contributed by atoms with van der Waals surface area (Å²) in [4.78, 5) is 7.08. The van der Waals surface area contributed by atoms with Crippen molar-refractivity contribution in [1.82, 2.24) is 13.1 Å². The Bertz CT molecular complexity index is 1310. The Kier molecular flexibility index (Phi) is 6.73. The van der Waals surface area contributed by atoms with Crippen molar-refractivity contribution in [2.24, 2.45) is 10.4 Å². The van der Waals surface area contributed by atoms with E-state index in [1.165, 1.54) is 14.6 Å². The number of aryl methyl sites for hydroxylation is 1. The van der Waals surface area contributed by atoms with Gasteiger partial charge in [-0.2, -0.15) is 4.31 Å². The minimum absolute atomic E-state index is 0.111. The molecule has 1 saturated heterocycles. The number of nitrogens with one attached hydrogen (secondary N) is 2. The van der Waals surface area contributed by atoms with Crippen LogP contribution in [0.25, 0.3) is 0 Å². The van der Waals surface area contributed by atoms with Crippen molar-refractivity contribution in [2.45, 2.75) is 50.8 Å². The molecule has 9 nitrogen and oxygen atoms in total. The summed E-state index contributed by atoms with van der Waals surface area (Å²) in [6, 6.07) is 3.86. The number of anilines is 2.